The zero-order chi connectivity index (χ0) is 14.7. The molecule has 0 atom stereocenters. The lowest BCUT2D eigenvalue weighted by Gasteiger charge is -2.32. The van der Waals surface area contributed by atoms with Crippen molar-refractivity contribution < 1.29 is 4.74 Å². The van der Waals surface area contributed by atoms with Gasteiger partial charge in [0.05, 0.1) is 18.5 Å². The lowest BCUT2D eigenvalue weighted by molar-refractivity contribution is 0.415. The molecule has 0 saturated carbocycles. The third-order valence-corrected chi connectivity index (χ3v) is 4.86. The van der Waals surface area contributed by atoms with Crippen molar-refractivity contribution in [2.45, 2.75) is 25.8 Å². The average molecular weight is 303 g/mol. The third kappa shape index (κ3) is 3.29. The molecule has 0 unspecified atom stereocenters. The smallest absolute Gasteiger partial charge is 0.185 e. The highest BCUT2D eigenvalue weighted by Crippen LogP contribution is 2.28. The molecule has 1 aromatic heterocycles. The van der Waals surface area contributed by atoms with Crippen LogP contribution in [0.5, 0.6) is 5.75 Å². The number of rotatable bonds is 4. The van der Waals surface area contributed by atoms with Gasteiger partial charge in [-0.25, -0.2) is 4.98 Å². The van der Waals surface area contributed by atoms with Crippen molar-refractivity contribution in [2.75, 3.05) is 30.4 Å². The summed E-state index contributed by atoms with van der Waals surface area (Å²) >= 11 is 1.74. The Hall–Kier alpha value is -1.75. The molecule has 1 aromatic carbocycles. The van der Waals surface area contributed by atoms with Gasteiger partial charge in [-0.3, -0.25) is 0 Å². The molecule has 0 radical (unpaired) electrons. The number of aryl methyl sites for hydroxylation is 1. The van der Waals surface area contributed by atoms with Crippen LogP contribution >= 0.6 is 11.3 Å². The molecular formula is C16H21N3OS. The third-order valence-electron chi connectivity index (χ3n) is 3.84. The number of benzene rings is 1. The average Bonchev–Trinajstić information content (AvgIpc) is 2.95. The molecule has 3 rings (SSSR count). The van der Waals surface area contributed by atoms with Crippen molar-refractivity contribution >= 4 is 22.2 Å². The summed E-state index contributed by atoms with van der Waals surface area (Å²) in [5.41, 5.74) is 2.20. The maximum Gasteiger partial charge on any atom is 0.185 e. The van der Waals surface area contributed by atoms with Gasteiger partial charge in [-0.05, 0) is 31.9 Å². The molecule has 2 aromatic rings. The molecule has 112 valence electrons. The minimum atomic E-state index is 0.499. The monoisotopic (exact) mass is 303 g/mol. The van der Waals surface area contributed by atoms with Gasteiger partial charge in [-0.15, -0.1) is 11.3 Å². The van der Waals surface area contributed by atoms with Crippen molar-refractivity contribution in [3.63, 3.8) is 0 Å². The molecule has 1 aliphatic heterocycles. The molecule has 21 heavy (non-hydrogen) atoms. The van der Waals surface area contributed by atoms with Crippen LogP contribution in [0.1, 0.15) is 18.5 Å². The van der Waals surface area contributed by atoms with E-state index in [-0.39, 0.29) is 0 Å². The number of nitrogens with zero attached hydrogens (tertiary/aromatic N) is 2. The minimum absolute atomic E-state index is 0.499. The quantitative estimate of drug-likeness (QED) is 0.937. The highest BCUT2D eigenvalue weighted by atomic mass is 32.1. The number of aromatic nitrogens is 1. The molecule has 0 spiro atoms. The molecule has 5 heteroatoms. The summed E-state index contributed by atoms with van der Waals surface area (Å²) in [6.07, 6.45) is 2.24. The van der Waals surface area contributed by atoms with Gasteiger partial charge >= 0.3 is 0 Å². The molecule has 1 aliphatic rings. The van der Waals surface area contributed by atoms with Crippen molar-refractivity contribution in [2.24, 2.45) is 0 Å². The Morgan fingerprint density at radius 1 is 1.29 bits per heavy atom. The number of piperidine rings is 1. The van der Waals surface area contributed by atoms with Crippen LogP contribution < -0.4 is 15.0 Å². The second kappa shape index (κ2) is 6.35. The van der Waals surface area contributed by atoms with Crippen LogP contribution in [0.2, 0.25) is 0 Å². The number of ether oxygens (including phenoxy) is 1. The summed E-state index contributed by atoms with van der Waals surface area (Å²) in [5.74, 6) is 0.912. The second-order valence-electron chi connectivity index (χ2n) is 5.38. The van der Waals surface area contributed by atoms with Crippen LogP contribution in [0, 0.1) is 6.92 Å². The van der Waals surface area contributed by atoms with E-state index in [1.165, 1.54) is 0 Å². The zero-order valence-corrected chi connectivity index (χ0v) is 13.3. The van der Waals surface area contributed by atoms with Crippen molar-refractivity contribution in [3.05, 3.63) is 35.3 Å². The Bertz CT molecular complexity index is 591. The summed E-state index contributed by atoms with van der Waals surface area (Å²) in [6, 6.07) is 8.61. The van der Waals surface area contributed by atoms with E-state index in [1.54, 1.807) is 18.4 Å². The largest absolute Gasteiger partial charge is 0.495 e. The molecule has 0 bridgehead atoms. The van der Waals surface area contributed by atoms with Crippen LogP contribution in [-0.4, -0.2) is 31.2 Å². The molecule has 2 heterocycles. The first-order valence-electron chi connectivity index (χ1n) is 7.33. The summed E-state index contributed by atoms with van der Waals surface area (Å²) in [4.78, 5) is 6.96. The van der Waals surface area contributed by atoms with Crippen molar-refractivity contribution in [3.8, 4) is 5.75 Å². The maximum absolute atomic E-state index is 5.40. The molecule has 1 saturated heterocycles. The van der Waals surface area contributed by atoms with E-state index in [2.05, 4.69) is 33.6 Å². The standard InChI is InChI=1S/C16H21N3OS/c1-12-11-21-16(17-12)19-9-7-13(8-10-19)18-14-5-3-4-6-15(14)20-2/h3-6,11,13,18H,7-10H2,1-2H3. The Kier molecular flexibility index (Phi) is 4.29. The first kappa shape index (κ1) is 14.2. The number of thiazole rings is 1. The van der Waals surface area contributed by atoms with Crippen molar-refractivity contribution in [1.82, 2.24) is 4.98 Å². The first-order chi connectivity index (χ1) is 10.3. The Labute approximate surface area is 129 Å². The normalized spacial score (nSPS) is 16.0. The number of methoxy groups -OCH3 is 1. The highest BCUT2D eigenvalue weighted by molar-refractivity contribution is 7.13. The lowest BCUT2D eigenvalue weighted by Crippen LogP contribution is -2.39. The van der Waals surface area contributed by atoms with Crippen LogP contribution in [0.25, 0.3) is 0 Å². The summed E-state index contributed by atoms with van der Waals surface area (Å²) in [7, 11) is 1.72. The Balaban J connectivity index is 1.58. The predicted octanol–water partition coefficient (Wildman–Crippen LogP) is 3.54. The topological polar surface area (TPSA) is 37.4 Å². The number of nitrogens with one attached hydrogen (secondary N) is 1. The summed E-state index contributed by atoms with van der Waals surface area (Å²) in [6.45, 7) is 4.16. The van der Waals surface area contributed by atoms with E-state index in [4.69, 9.17) is 4.74 Å². The Morgan fingerprint density at radius 2 is 2.05 bits per heavy atom. The molecule has 4 nitrogen and oxygen atoms in total. The van der Waals surface area contributed by atoms with Crippen molar-refractivity contribution in [1.29, 1.82) is 0 Å². The number of para-hydroxylation sites is 2. The fraction of sp³-hybridized carbons (Fsp3) is 0.438. The van der Waals surface area contributed by atoms with Gasteiger partial charge in [0.15, 0.2) is 5.13 Å². The van der Waals surface area contributed by atoms with E-state index in [0.29, 0.717) is 6.04 Å². The number of hydrogen-bond acceptors (Lipinski definition) is 5. The van der Waals surface area contributed by atoms with Gasteiger partial charge < -0.3 is 15.0 Å². The van der Waals surface area contributed by atoms with E-state index < -0.39 is 0 Å². The molecule has 1 fully saturated rings. The minimum Gasteiger partial charge on any atom is -0.495 e. The van der Waals surface area contributed by atoms with Gasteiger partial charge in [0.2, 0.25) is 0 Å². The maximum atomic E-state index is 5.40. The van der Waals surface area contributed by atoms with Gasteiger partial charge in [0.1, 0.15) is 5.75 Å². The fourth-order valence-corrected chi connectivity index (χ4v) is 3.54. The summed E-state index contributed by atoms with van der Waals surface area (Å²) < 4.78 is 5.40. The highest BCUT2D eigenvalue weighted by Gasteiger charge is 2.21. The molecule has 1 N–H and O–H groups in total. The zero-order valence-electron chi connectivity index (χ0n) is 12.5. The van der Waals surface area contributed by atoms with Crippen LogP contribution in [0.3, 0.4) is 0 Å². The molecular weight excluding hydrogens is 282 g/mol. The van der Waals surface area contributed by atoms with E-state index >= 15 is 0 Å². The van der Waals surface area contributed by atoms with Gasteiger partial charge in [-0.1, -0.05) is 12.1 Å². The Morgan fingerprint density at radius 3 is 2.71 bits per heavy atom. The fourth-order valence-electron chi connectivity index (χ4n) is 2.69. The van der Waals surface area contributed by atoms with E-state index in [9.17, 15) is 0 Å². The lowest BCUT2D eigenvalue weighted by atomic mass is 10.0. The first-order valence-corrected chi connectivity index (χ1v) is 8.21. The van der Waals surface area contributed by atoms with Gasteiger partial charge in [0, 0.05) is 24.5 Å². The summed E-state index contributed by atoms with van der Waals surface area (Å²) in [5, 5.41) is 6.88. The predicted molar refractivity (Wildman–Crippen MR) is 88.7 cm³/mol. The van der Waals surface area contributed by atoms with E-state index in [1.807, 2.05) is 18.2 Å². The van der Waals surface area contributed by atoms with Gasteiger partial charge in [-0.2, -0.15) is 0 Å². The molecule has 0 aliphatic carbocycles. The van der Waals surface area contributed by atoms with Crippen LogP contribution in [0.15, 0.2) is 29.6 Å². The SMILES string of the molecule is COc1ccccc1NC1CCN(c2nc(C)cs2)CC1. The van der Waals surface area contributed by atoms with E-state index in [0.717, 1.165) is 48.2 Å². The second-order valence-corrected chi connectivity index (χ2v) is 6.21. The number of anilines is 2. The van der Waals surface area contributed by atoms with Crippen LogP contribution in [0.4, 0.5) is 10.8 Å². The number of hydrogen-bond donors (Lipinski definition) is 1. The van der Waals surface area contributed by atoms with Gasteiger partial charge in [0.25, 0.3) is 0 Å². The van der Waals surface area contributed by atoms with Crippen LogP contribution in [-0.2, 0) is 0 Å². The molecule has 0 amide bonds.